The highest BCUT2D eigenvalue weighted by Gasteiger charge is 2.39. The van der Waals surface area contributed by atoms with Crippen LogP contribution in [0.3, 0.4) is 0 Å². The number of fused-ring (bicyclic) bond motifs is 2. The highest BCUT2D eigenvalue weighted by molar-refractivity contribution is 5.98. The van der Waals surface area contributed by atoms with Crippen molar-refractivity contribution in [3.05, 3.63) is 36.0 Å². The molecule has 0 bridgehead atoms. The molecule has 21 heavy (non-hydrogen) atoms. The number of aromatic amines is 1. The summed E-state index contributed by atoms with van der Waals surface area (Å²) in [6, 6.07) is 10.6. The zero-order valence-electron chi connectivity index (χ0n) is 12.4. The molecule has 2 saturated heterocycles. The summed E-state index contributed by atoms with van der Waals surface area (Å²) in [7, 11) is 2.19. The molecule has 2 aliphatic rings. The molecule has 1 aromatic heterocycles. The predicted octanol–water partition coefficient (Wildman–Crippen LogP) is 2.33. The maximum Gasteiger partial charge on any atom is 0.270 e. The highest BCUT2D eigenvalue weighted by Crippen LogP contribution is 2.30. The lowest BCUT2D eigenvalue weighted by Gasteiger charge is -2.33. The minimum absolute atomic E-state index is 0.147. The number of likely N-dealkylation sites (tertiary alicyclic amines) is 2. The third-order valence-electron chi connectivity index (χ3n) is 5.11. The zero-order chi connectivity index (χ0) is 14.4. The Balaban J connectivity index is 1.57. The van der Waals surface area contributed by atoms with Gasteiger partial charge in [-0.15, -0.1) is 0 Å². The Bertz CT molecular complexity index is 644. The molecule has 2 aromatic rings. The van der Waals surface area contributed by atoms with E-state index in [9.17, 15) is 4.79 Å². The van der Waals surface area contributed by atoms with Crippen LogP contribution < -0.4 is 0 Å². The summed E-state index contributed by atoms with van der Waals surface area (Å²) < 4.78 is 0. The fourth-order valence-electron chi connectivity index (χ4n) is 3.93. The molecule has 4 rings (SSSR count). The summed E-state index contributed by atoms with van der Waals surface area (Å²) in [6.07, 6.45) is 2.51. The van der Waals surface area contributed by atoms with Gasteiger partial charge in [-0.2, -0.15) is 0 Å². The van der Waals surface area contributed by atoms with Crippen LogP contribution in [0.1, 0.15) is 23.3 Å². The number of nitrogens with zero attached hydrogens (tertiary/aromatic N) is 2. The molecule has 0 spiro atoms. The van der Waals surface area contributed by atoms with Crippen molar-refractivity contribution in [3.63, 3.8) is 0 Å². The van der Waals surface area contributed by atoms with Gasteiger partial charge in [0.05, 0.1) is 0 Å². The van der Waals surface area contributed by atoms with E-state index in [0.29, 0.717) is 12.0 Å². The van der Waals surface area contributed by atoms with E-state index in [1.165, 1.54) is 12.8 Å². The summed E-state index contributed by atoms with van der Waals surface area (Å²) in [5.74, 6) is 0.797. The molecule has 2 atom stereocenters. The molecule has 1 amide bonds. The van der Waals surface area contributed by atoms with Crippen LogP contribution in [0, 0.1) is 5.92 Å². The van der Waals surface area contributed by atoms with Crippen LogP contribution in [0.15, 0.2) is 30.3 Å². The number of carbonyl (C=O) groups excluding carboxylic acids is 1. The molecule has 0 radical (unpaired) electrons. The van der Waals surface area contributed by atoms with Gasteiger partial charge in [0.15, 0.2) is 0 Å². The minimum Gasteiger partial charge on any atom is -0.351 e. The zero-order valence-corrected chi connectivity index (χ0v) is 12.4. The van der Waals surface area contributed by atoms with Gasteiger partial charge < -0.3 is 14.8 Å². The molecule has 110 valence electrons. The number of carbonyl (C=O) groups is 1. The number of hydrogen-bond acceptors (Lipinski definition) is 2. The number of hydrogen-bond donors (Lipinski definition) is 1. The Hall–Kier alpha value is -1.81. The number of aromatic nitrogens is 1. The SMILES string of the molecule is CN1CCC[C@@H]2CN(C(=O)c3cc4ccccc4[nH]3)C[C@@H]21. The van der Waals surface area contributed by atoms with Gasteiger partial charge in [0.25, 0.3) is 5.91 Å². The monoisotopic (exact) mass is 283 g/mol. The van der Waals surface area contributed by atoms with E-state index in [1.54, 1.807) is 0 Å². The van der Waals surface area contributed by atoms with Crippen LogP contribution in [-0.4, -0.2) is 53.4 Å². The Morgan fingerprint density at radius 2 is 2.14 bits per heavy atom. The van der Waals surface area contributed by atoms with E-state index in [-0.39, 0.29) is 5.91 Å². The average molecular weight is 283 g/mol. The molecule has 4 nitrogen and oxygen atoms in total. The molecule has 0 aliphatic carbocycles. The summed E-state index contributed by atoms with van der Waals surface area (Å²) in [4.78, 5) is 20.5. The van der Waals surface area contributed by atoms with Gasteiger partial charge in [-0.1, -0.05) is 18.2 Å². The first-order chi connectivity index (χ1) is 10.2. The molecule has 1 aromatic carbocycles. The third-order valence-corrected chi connectivity index (χ3v) is 5.11. The first-order valence-corrected chi connectivity index (χ1v) is 7.79. The van der Waals surface area contributed by atoms with Crippen molar-refractivity contribution < 1.29 is 4.79 Å². The second kappa shape index (κ2) is 4.88. The summed E-state index contributed by atoms with van der Waals surface area (Å²) in [5, 5.41) is 1.11. The predicted molar refractivity (Wildman–Crippen MR) is 83.3 cm³/mol. The van der Waals surface area contributed by atoms with Crippen LogP contribution in [0.25, 0.3) is 10.9 Å². The Kier molecular flexibility index (Phi) is 3.00. The van der Waals surface area contributed by atoms with E-state index in [0.717, 1.165) is 36.2 Å². The molecular formula is C17H21N3O. The number of para-hydroxylation sites is 1. The number of benzene rings is 1. The lowest BCUT2D eigenvalue weighted by molar-refractivity contribution is 0.0776. The van der Waals surface area contributed by atoms with Crippen molar-refractivity contribution in [1.29, 1.82) is 0 Å². The molecular weight excluding hydrogens is 262 g/mol. The second-order valence-corrected chi connectivity index (χ2v) is 6.43. The largest absolute Gasteiger partial charge is 0.351 e. The van der Waals surface area contributed by atoms with E-state index in [4.69, 9.17) is 0 Å². The first-order valence-electron chi connectivity index (χ1n) is 7.79. The lowest BCUT2D eigenvalue weighted by Crippen LogP contribution is -2.42. The maximum atomic E-state index is 12.7. The standard InChI is InChI=1S/C17H21N3O/c1-19-8-4-6-13-10-20(11-16(13)19)17(21)15-9-12-5-2-3-7-14(12)18-15/h2-3,5,7,9,13,16,18H,4,6,8,10-11H2,1H3/t13-,16+/m1/s1. The topological polar surface area (TPSA) is 39.3 Å². The van der Waals surface area contributed by atoms with Gasteiger partial charge in [-0.25, -0.2) is 0 Å². The molecule has 0 saturated carbocycles. The number of H-pyrrole nitrogens is 1. The van der Waals surface area contributed by atoms with Crippen molar-refractivity contribution in [2.75, 3.05) is 26.7 Å². The van der Waals surface area contributed by atoms with Crippen LogP contribution in [0.2, 0.25) is 0 Å². The summed E-state index contributed by atoms with van der Waals surface area (Å²) in [5.41, 5.74) is 1.76. The number of nitrogens with one attached hydrogen (secondary N) is 1. The van der Waals surface area contributed by atoms with Crippen molar-refractivity contribution in [2.45, 2.75) is 18.9 Å². The van der Waals surface area contributed by atoms with Gasteiger partial charge in [0, 0.05) is 30.0 Å². The molecule has 2 fully saturated rings. The van der Waals surface area contributed by atoms with Gasteiger partial charge in [-0.3, -0.25) is 4.79 Å². The van der Waals surface area contributed by atoms with Gasteiger partial charge in [0.1, 0.15) is 5.69 Å². The fraction of sp³-hybridized carbons (Fsp3) is 0.471. The van der Waals surface area contributed by atoms with E-state index < -0.39 is 0 Å². The first kappa shape index (κ1) is 12.9. The fourth-order valence-corrected chi connectivity index (χ4v) is 3.93. The van der Waals surface area contributed by atoms with E-state index in [1.807, 2.05) is 35.2 Å². The van der Waals surface area contributed by atoms with Crippen molar-refractivity contribution >= 4 is 16.8 Å². The number of piperidine rings is 1. The molecule has 1 N–H and O–H groups in total. The van der Waals surface area contributed by atoms with Gasteiger partial charge >= 0.3 is 0 Å². The van der Waals surface area contributed by atoms with E-state index in [2.05, 4.69) is 16.9 Å². The van der Waals surface area contributed by atoms with Crippen molar-refractivity contribution in [2.24, 2.45) is 5.92 Å². The Labute approximate surface area is 124 Å². The molecule has 0 unspecified atom stereocenters. The maximum absolute atomic E-state index is 12.7. The summed E-state index contributed by atoms with van der Waals surface area (Å²) >= 11 is 0. The number of rotatable bonds is 1. The molecule has 4 heteroatoms. The summed E-state index contributed by atoms with van der Waals surface area (Å²) in [6.45, 7) is 2.94. The lowest BCUT2D eigenvalue weighted by atomic mass is 9.93. The van der Waals surface area contributed by atoms with Crippen molar-refractivity contribution in [1.82, 2.24) is 14.8 Å². The van der Waals surface area contributed by atoms with Crippen molar-refractivity contribution in [3.8, 4) is 0 Å². The minimum atomic E-state index is 0.147. The van der Waals surface area contributed by atoms with Crippen LogP contribution in [0.5, 0.6) is 0 Å². The second-order valence-electron chi connectivity index (χ2n) is 6.43. The van der Waals surface area contributed by atoms with Gasteiger partial charge in [-0.05, 0) is 44.5 Å². The average Bonchev–Trinajstić information content (AvgIpc) is 3.11. The normalized spacial score (nSPS) is 26.2. The molecule has 3 heterocycles. The molecule has 2 aliphatic heterocycles. The van der Waals surface area contributed by atoms with E-state index >= 15 is 0 Å². The number of likely N-dealkylation sites (N-methyl/N-ethyl adjacent to an activating group) is 1. The highest BCUT2D eigenvalue weighted by atomic mass is 16.2. The van der Waals surface area contributed by atoms with Crippen LogP contribution in [-0.2, 0) is 0 Å². The van der Waals surface area contributed by atoms with Crippen LogP contribution >= 0.6 is 0 Å². The Morgan fingerprint density at radius 3 is 2.95 bits per heavy atom. The van der Waals surface area contributed by atoms with Crippen LogP contribution in [0.4, 0.5) is 0 Å². The quantitative estimate of drug-likeness (QED) is 0.872. The smallest absolute Gasteiger partial charge is 0.270 e. The third kappa shape index (κ3) is 2.14. The van der Waals surface area contributed by atoms with Gasteiger partial charge in [0.2, 0.25) is 0 Å². The number of amides is 1. The Morgan fingerprint density at radius 1 is 1.29 bits per heavy atom.